The normalized spacial score (nSPS) is 9.23. The summed E-state index contributed by atoms with van der Waals surface area (Å²) in [7, 11) is 0. The third-order valence-electron chi connectivity index (χ3n) is 1.63. The molecule has 68 valence electrons. The van der Waals surface area contributed by atoms with Gasteiger partial charge in [-0.25, -0.2) is 0 Å². The highest BCUT2D eigenvalue weighted by atomic mass is 32.2. The zero-order valence-corrected chi connectivity index (χ0v) is 8.40. The average Bonchev–Trinajstić information content (AvgIpc) is 2.19. The molecule has 1 aromatic carbocycles. The van der Waals surface area contributed by atoms with E-state index < -0.39 is 0 Å². The first-order valence-electron chi connectivity index (χ1n) is 4.10. The van der Waals surface area contributed by atoms with Crippen molar-refractivity contribution >= 4 is 17.4 Å². The second-order valence-corrected chi connectivity index (χ2v) is 3.60. The number of anilines is 1. The number of rotatable bonds is 4. The van der Waals surface area contributed by atoms with Gasteiger partial charge in [-0.2, -0.15) is 17.0 Å². The largest absolute Gasteiger partial charge is 0.384 e. The molecule has 0 bridgehead atoms. The Kier molecular flexibility index (Phi) is 4.20. The van der Waals surface area contributed by atoms with Gasteiger partial charge in [-0.1, -0.05) is 6.07 Å². The van der Waals surface area contributed by atoms with Gasteiger partial charge < -0.3 is 5.32 Å². The lowest BCUT2D eigenvalue weighted by Gasteiger charge is -2.04. The van der Waals surface area contributed by atoms with Gasteiger partial charge in [0, 0.05) is 18.0 Å². The van der Waals surface area contributed by atoms with Crippen LogP contribution in [0.1, 0.15) is 5.56 Å². The molecule has 0 fully saturated rings. The van der Waals surface area contributed by atoms with E-state index in [9.17, 15) is 0 Å². The summed E-state index contributed by atoms with van der Waals surface area (Å²) in [5, 5.41) is 11.9. The molecular weight excluding hydrogens is 180 g/mol. The molecule has 0 radical (unpaired) electrons. The molecule has 1 rings (SSSR count). The van der Waals surface area contributed by atoms with Crippen LogP contribution in [-0.2, 0) is 0 Å². The molecule has 0 aliphatic rings. The zero-order valence-electron chi connectivity index (χ0n) is 7.58. The molecular formula is C10H12N2S. The first-order chi connectivity index (χ1) is 6.36. The van der Waals surface area contributed by atoms with Crippen molar-refractivity contribution in [3.05, 3.63) is 29.8 Å². The van der Waals surface area contributed by atoms with Crippen molar-refractivity contribution in [1.29, 1.82) is 5.26 Å². The van der Waals surface area contributed by atoms with Crippen molar-refractivity contribution in [2.24, 2.45) is 0 Å². The van der Waals surface area contributed by atoms with Gasteiger partial charge in [0.15, 0.2) is 0 Å². The number of thioether (sulfide) groups is 1. The second kappa shape index (κ2) is 5.50. The van der Waals surface area contributed by atoms with E-state index in [2.05, 4.69) is 17.6 Å². The molecule has 1 aromatic rings. The van der Waals surface area contributed by atoms with E-state index in [4.69, 9.17) is 5.26 Å². The van der Waals surface area contributed by atoms with Crippen molar-refractivity contribution in [1.82, 2.24) is 0 Å². The standard InChI is InChI=1S/C10H12N2S/c1-13-6-5-12-10-4-2-3-9(7-10)8-11/h2-4,7,12H,5-6H2,1H3. The molecule has 0 unspecified atom stereocenters. The summed E-state index contributed by atoms with van der Waals surface area (Å²) < 4.78 is 0. The minimum absolute atomic E-state index is 0.703. The van der Waals surface area contributed by atoms with E-state index in [0.717, 1.165) is 18.0 Å². The second-order valence-electron chi connectivity index (χ2n) is 2.61. The van der Waals surface area contributed by atoms with E-state index >= 15 is 0 Å². The molecule has 1 N–H and O–H groups in total. The van der Waals surface area contributed by atoms with Crippen LogP contribution in [0.4, 0.5) is 5.69 Å². The monoisotopic (exact) mass is 192 g/mol. The number of nitriles is 1. The fourth-order valence-electron chi connectivity index (χ4n) is 0.996. The predicted molar refractivity (Wildman–Crippen MR) is 58.0 cm³/mol. The summed E-state index contributed by atoms with van der Waals surface area (Å²) in [5.41, 5.74) is 1.72. The summed E-state index contributed by atoms with van der Waals surface area (Å²) in [5.74, 6) is 1.08. The molecule has 0 atom stereocenters. The molecule has 0 aliphatic carbocycles. The predicted octanol–water partition coefficient (Wildman–Crippen LogP) is 2.33. The van der Waals surface area contributed by atoms with Gasteiger partial charge >= 0.3 is 0 Å². The van der Waals surface area contributed by atoms with Crippen molar-refractivity contribution in [3.63, 3.8) is 0 Å². The fourth-order valence-corrected chi connectivity index (χ4v) is 1.30. The van der Waals surface area contributed by atoms with Gasteiger partial charge in [0.25, 0.3) is 0 Å². The Labute approximate surface area is 83.0 Å². The zero-order chi connectivity index (χ0) is 9.52. The minimum atomic E-state index is 0.703. The maximum Gasteiger partial charge on any atom is 0.0992 e. The third kappa shape index (κ3) is 3.39. The Morgan fingerprint density at radius 3 is 3.08 bits per heavy atom. The van der Waals surface area contributed by atoms with Crippen LogP contribution in [0, 0.1) is 11.3 Å². The Balaban J connectivity index is 2.52. The topological polar surface area (TPSA) is 35.8 Å². The van der Waals surface area contributed by atoms with Crippen molar-refractivity contribution in [2.45, 2.75) is 0 Å². The lowest BCUT2D eigenvalue weighted by molar-refractivity contribution is 1.23. The highest BCUT2D eigenvalue weighted by Gasteiger charge is 1.92. The SMILES string of the molecule is CSCCNc1cccc(C#N)c1. The number of nitrogens with zero attached hydrogens (tertiary/aromatic N) is 1. The molecule has 0 aromatic heterocycles. The lowest BCUT2D eigenvalue weighted by Crippen LogP contribution is -2.03. The van der Waals surface area contributed by atoms with Gasteiger partial charge in [-0.05, 0) is 24.5 Å². The van der Waals surface area contributed by atoms with Gasteiger partial charge in [0.05, 0.1) is 11.6 Å². The molecule has 0 saturated carbocycles. The van der Waals surface area contributed by atoms with Gasteiger partial charge in [0.2, 0.25) is 0 Å². The average molecular weight is 192 g/mol. The number of benzene rings is 1. The van der Waals surface area contributed by atoms with E-state index in [0.29, 0.717) is 5.56 Å². The van der Waals surface area contributed by atoms with Gasteiger partial charge in [0.1, 0.15) is 0 Å². The number of nitrogens with one attached hydrogen (secondary N) is 1. The Hall–Kier alpha value is -1.14. The van der Waals surface area contributed by atoms with Crippen LogP contribution >= 0.6 is 11.8 Å². The van der Waals surface area contributed by atoms with E-state index in [-0.39, 0.29) is 0 Å². The summed E-state index contributed by atoms with van der Waals surface area (Å²) in [6, 6.07) is 9.64. The number of hydrogen-bond donors (Lipinski definition) is 1. The highest BCUT2D eigenvalue weighted by Crippen LogP contribution is 2.09. The Morgan fingerprint density at radius 1 is 1.54 bits per heavy atom. The summed E-state index contributed by atoms with van der Waals surface area (Å²) in [4.78, 5) is 0. The van der Waals surface area contributed by atoms with E-state index in [1.165, 1.54) is 0 Å². The quantitative estimate of drug-likeness (QED) is 0.744. The first kappa shape index (κ1) is 9.94. The molecule has 3 heteroatoms. The van der Waals surface area contributed by atoms with Crippen LogP contribution in [0.5, 0.6) is 0 Å². The maximum atomic E-state index is 8.65. The molecule has 0 heterocycles. The Bertz CT molecular complexity index is 304. The van der Waals surface area contributed by atoms with Crippen LogP contribution in [0.3, 0.4) is 0 Å². The van der Waals surface area contributed by atoms with Crippen LogP contribution in [0.2, 0.25) is 0 Å². The summed E-state index contributed by atoms with van der Waals surface area (Å²) in [6.45, 7) is 0.941. The first-order valence-corrected chi connectivity index (χ1v) is 5.49. The molecule has 13 heavy (non-hydrogen) atoms. The summed E-state index contributed by atoms with van der Waals surface area (Å²) >= 11 is 1.80. The smallest absolute Gasteiger partial charge is 0.0992 e. The molecule has 2 nitrogen and oxygen atoms in total. The van der Waals surface area contributed by atoms with Crippen molar-refractivity contribution < 1.29 is 0 Å². The van der Waals surface area contributed by atoms with Crippen molar-refractivity contribution in [3.8, 4) is 6.07 Å². The fraction of sp³-hybridized carbons (Fsp3) is 0.300. The minimum Gasteiger partial charge on any atom is -0.384 e. The molecule has 0 spiro atoms. The van der Waals surface area contributed by atoms with Crippen molar-refractivity contribution in [2.75, 3.05) is 23.9 Å². The van der Waals surface area contributed by atoms with Gasteiger partial charge in [-0.3, -0.25) is 0 Å². The van der Waals surface area contributed by atoms with Crippen LogP contribution in [0.25, 0.3) is 0 Å². The highest BCUT2D eigenvalue weighted by molar-refractivity contribution is 7.98. The third-order valence-corrected chi connectivity index (χ3v) is 2.24. The lowest BCUT2D eigenvalue weighted by atomic mass is 10.2. The maximum absolute atomic E-state index is 8.65. The summed E-state index contributed by atoms with van der Waals surface area (Å²) in [6.07, 6.45) is 2.08. The van der Waals surface area contributed by atoms with Crippen LogP contribution in [0.15, 0.2) is 24.3 Å². The van der Waals surface area contributed by atoms with Gasteiger partial charge in [-0.15, -0.1) is 0 Å². The van der Waals surface area contributed by atoms with Crippen LogP contribution < -0.4 is 5.32 Å². The van der Waals surface area contributed by atoms with E-state index in [1.807, 2.05) is 18.2 Å². The molecule has 0 aliphatic heterocycles. The van der Waals surface area contributed by atoms with E-state index in [1.54, 1.807) is 17.8 Å². The number of hydrogen-bond acceptors (Lipinski definition) is 3. The van der Waals surface area contributed by atoms with Crippen LogP contribution in [-0.4, -0.2) is 18.6 Å². The molecule has 0 amide bonds. The molecule has 0 saturated heterocycles. The Morgan fingerprint density at radius 2 is 2.38 bits per heavy atom.